The first-order valence-electron chi connectivity index (χ1n) is 6.90. The first-order valence-corrected chi connectivity index (χ1v) is 6.90. The van der Waals surface area contributed by atoms with Gasteiger partial charge < -0.3 is 0 Å². The van der Waals surface area contributed by atoms with E-state index in [1.165, 1.54) is 16.7 Å². The number of rotatable bonds is 0. The first kappa shape index (κ1) is 18.8. The predicted octanol–water partition coefficient (Wildman–Crippen LogP) is 2.38. The minimum Gasteiger partial charge on any atom is -0.176 e. The van der Waals surface area contributed by atoms with Gasteiger partial charge in [0.2, 0.25) is 0 Å². The van der Waals surface area contributed by atoms with Gasteiger partial charge in [-0.05, 0) is 16.2 Å². The van der Waals surface area contributed by atoms with Gasteiger partial charge in [-0.15, -0.1) is 0 Å². The summed E-state index contributed by atoms with van der Waals surface area (Å²) >= 11 is 0. The van der Waals surface area contributed by atoms with Crippen LogP contribution < -0.4 is 18.9 Å². The zero-order valence-corrected chi connectivity index (χ0v) is 14.7. The van der Waals surface area contributed by atoms with E-state index < -0.39 is 0 Å². The summed E-state index contributed by atoms with van der Waals surface area (Å²) in [5, 5.41) is 0. The second-order valence-electron chi connectivity index (χ2n) is 8.45. The van der Waals surface area contributed by atoms with Gasteiger partial charge in [-0.1, -0.05) is 62.3 Å². The summed E-state index contributed by atoms with van der Waals surface area (Å²) in [7, 11) is 0. The Morgan fingerprint density at radius 1 is 0.632 bits per heavy atom. The van der Waals surface area contributed by atoms with E-state index in [0.717, 1.165) is 0 Å². The fourth-order valence-corrected chi connectivity index (χ4v) is 1.81. The molecule has 0 atom stereocenters. The Balaban J connectivity index is 0.00000324. The molecule has 1 aromatic carbocycles. The first-order chi connectivity index (χ1) is 7.82. The van der Waals surface area contributed by atoms with Gasteiger partial charge in [-0.2, -0.15) is 34.9 Å². The van der Waals surface area contributed by atoms with Gasteiger partial charge in [0.1, 0.15) is 0 Å². The minimum atomic E-state index is 0. The van der Waals surface area contributed by atoms with E-state index in [1.54, 1.807) is 0 Å². The molecule has 0 aliphatic carbocycles. The number of hydrogen-bond donors (Lipinski definition) is 0. The molecule has 0 nitrogen and oxygen atoms in total. The Labute approximate surface area is 132 Å². The van der Waals surface area contributed by atoms with E-state index in [1.807, 2.05) is 0 Å². The van der Waals surface area contributed by atoms with Gasteiger partial charge in [-0.25, -0.2) is 0 Å². The third-order valence-corrected chi connectivity index (χ3v) is 3.35. The molecule has 1 heteroatoms. The van der Waals surface area contributed by atoms with E-state index in [-0.39, 0.29) is 35.1 Å². The Bertz CT molecular complexity index is 343. The van der Waals surface area contributed by atoms with Crippen molar-refractivity contribution in [3.05, 3.63) is 34.9 Å². The predicted molar refractivity (Wildman–Crippen MR) is 81.4 cm³/mol. The van der Waals surface area contributed by atoms with Gasteiger partial charge in [0.15, 0.2) is 0 Å². The normalized spacial score (nSPS) is 13.1. The molecule has 0 radical (unpaired) electrons. The topological polar surface area (TPSA) is 0 Å². The van der Waals surface area contributed by atoms with Crippen molar-refractivity contribution < 1.29 is 18.9 Å². The van der Waals surface area contributed by atoms with Crippen LogP contribution in [-0.2, 0) is 16.2 Å². The minimum absolute atomic E-state index is 0. The monoisotopic (exact) mass is 252 g/mol. The van der Waals surface area contributed by atoms with Crippen LogP contribution in [0.5, 0.6) is 0 Å². The van der Waals surface area contributed by atoms with Crippen molar-refractivity contribution in [1.29, 1.82) is 0 Å². The Morgan fingerprint density at radius 3 is 1.16 bits per heavy atom. The van der Waals surface area contributed by atoms with Gasteiger partial charge >= 0.3 is 18.9 Å². The SMILES string of the molecule is CC(C)(C)c1[c-]c(C(C)(C)C)cc(C(C)(C)C)c1.[Li+]. The molecule has 1 aromatic rings. The summed E-state index contributed by atoms with van der Waals surface area (Å²) in [6.07, 6.45) is 0. The maximum absolute atomic E-state index is 3.64. The molecule has 0 saturated carbocycles. The molecule has 0 bridgehead atoms. The molecule has 0 fully saturated rings. The van der Waals surface area contributed by atoms with Crippen LogP contribution in [0.15, 0.2) is 12.1 Å². The van der Waals surface area contributed by atoms with Gasteiger partial charge in [0, 0.05) is 0 Å². The van der Waals surface area contributed by atoms with Gasteiger partial charge in [-0.3, -0.25) is 0 Å². The molecular weight excluding hydrogens is 223 g/mol. The third kappa shape index (κ3) is 5.01. The Kier molecular flexibility index (Phi) is 5.61. The van der Waals surface area contributed by atoms with Crippen LogP contribution in [0.4, 0.5) is 0 Å². The van der Waals surface area contributed by atoms with Gasteiger partial charge in [0.25, 0.3) is 0 Å². The average molecular weight is 252 g/mol. The van der Waals surface area contributed by atoms with Crippen LogP contribution in [0, 0.1) is 6.07 Å². The van der Waals surface area contributed by atoms with Crippen molar-refractivity contribution in [1.82, 2.24) is 0 Å². The summed E-state index contributed by atoms with van der Waals surface area (Å²) < 4.78 is 0. The summed E-state index contributed by atoms with van der Waals surface area (Å²) in [5.41, 5.74) is 4.55. The molecule has 0 aliphatic heterocycles. The maximum Gasteiger partial charge on any atom is 1.00 e. The zero-order chi connectivity index (χ0) is 14.4. The van der Waals surface area contributed by atoms with E-state index >= 15 is 0 Å². The average Bonchev–Trinajstić information content (AvgIpc) is 2.13. The van der Waals surface area contributed by atoms with E-state index in [4.69, 9.17) is 0 Å². The molecule has 0 heterocycles. The molecule has 0 saturated heterocycles. The maximum atomic E-state index is 3.64. The Hall–Kier alpha value is -0.183. The van der Waals surface area contributed by atoms with Crippen LogP contribution >= 0.6 is 0 Å². The molecule has 0 N–H and O–H groups in total. The second kappa shape index (κ2) is 5.67. The van der Waals surface area contributed by atoms with E-state index in [9.17, 15) is 0 Å². The van der Waals surface area contributed by atoms with Crippen LogP contribution in [0.25, 0.3) is 0 Å². The van der Waals surface area contributed by atoms with Crippen molar-refractivity contribution in [2.75, 3.05) is 0 Å². The van der Waals surface area contributed by atoms with Crippen LogP contribution in [0.3, 0.4) is 0 Å². The fraction of sp³-hybridized carbons (Fsp3) is 0.667. The number of benzene rings is 1. The van der Waals surface area contributed by atoms with Crippen molar-refractivity contribution in [3.63, 3.8) is 0 Å². The molecule has 1 rings (SSSR count). The van der Waals surface area contributed by atoms with Crippen molar-refractivity contribution >= 4 is 0 Å². The van der Waals surface area contributed by atoms with E-state index in [0.29, 0.717) is 0 Å². The largest absolute Gasteiger partial charge is 1.00 e. The molecule has 0 aliphatic rings. The quantitative estimate of drug-likeness (QED) is 0.491. The molecule has 0 aromatic heterocycles. The zero-order valence-electron chi connectivity index (χ0n) is 14.7. The number of hydrogen-bond acceptors (Lipinski definition) is 0. The summed E-state index contributed by atoms with van der Waals surface area (Å²) in [6.45, 7) is 20.4. The standard InChI is InChI=1S/C18H29.Li/c1-16(2,3)13-10-14(17(4,5)6)12-15(11-13)18(7,8)9;/h10-11H,1-9H3;/q-1;+1. The smallest absolute Gasteiger partial charge is 0.176 e. The Morgan fingerprint density at radius 2 is 0.947 bits per heavy atom. The fourth-order valence-electron chi connectivity index (χ4n) is 1.81. The molecule has 0 spiro atoms. The molecular formula is C18H29Li. The summed E-state index contributed by atoms with van der Waals surface area (Å²) in [4.78, 5) is 0. The third-order valence-electron chi connectivity index (χ3n) is 3.35. The molecule has 19 heavy (non-hydrogen) atoms. The van der Waals surface area contributed by atoms with E-state index in [2.05, 4.69) is 80.5 Å². The van der Waals surface area contributed by atoms with Crippen molar-refractivity contribution in [2.45, 2.75) is 78.6 Å². The van der Waals surface area contributed by atoms with Crippen LogP contribution in [-0.4, -0.2) is 0 Å². The van der Waals surface area contributed by atoms with Crippen molar-refractivity contribution in [3.8, 4) is 0 Å². The molecule has 102 valence electrons. The van der Waals surface area contributed by atoms with Crippen LogP contribution in [0.1, 0.15) is 79.0 Å². The van der Waals surface area contributed by atoms with Crippen molar-refractivity contribution in [2.24, 2.45) is 0 Å². The molecule has 0 unspecified atom stereocenters. The van der Waals surface area contributed by atoms with Crippen LogP contribution in [0.2, 0.25) is 0 Å². The summed E-state index contributed by atoms with van der Waals surface area (Å²) in [6, 6.07) is 8.29. The summed E-state index contributed by atoms with van der Waals surface area (Å²) in [5.74, 6) is 0. The van der Waals surface area contributed by atoms with Gasteiger partial charge in [0.05, 0.1) is 0 Å². The second-order valence-corrected chi connectivity index (χ2v) is 8.45. The molecule has 0 amide bonds.